The van der Waals surface area contributed by atoms with Crippen molar-refractivity contribution in [2.24, 2.45) is 0 Å². The lowest BCUT2D eigenvalue weighted by atomic mass is 10.2. The number of hydrogen-bond acceptors (Lipinski definition) is 3. The van der Waals surface area contributed by atoms with Gasteiger partial charge in [-0.1, -0.05) is 23.2 Å². The molecule has 2 rings (SSSR count). The van der Waals surface area contributed by atoms with Crippen LogP contribution in [0.1, 0.15) is 5.56 Å². The summed E-state index contributed by atoms with van der Waals surface area (Å²) in [6, 6.07) is 6.12. The maximum Gasteiger partial charge on any atom is 0.262 e. The first-order valence-corrected chi connectivity index (χ1v) is 7.97. The van der Waals surface area contributed by atoms with Gasteiger partial charge in [0.15, 0.2) is 0 Å². The third kappa shape index (κ3) is 3.58. The molecule has 0 aliphatic rings. The quantitative estimate of drug-likeness (QED) is 0.828. The fraction of sp³-hybridized carbons (Fsp3) is 0.0769. The number of hydrogen-bond donors (Lipinski definition) is 2. The van der Waals surface area contributed by atoms with Crippen molar-refractivity contribution in [3.63, 3.8) is 0 Å². The molecule has 3 N–H and O–H groups in total. The number of anilines is 2. The van der Waals surface area contributed by atoms with Gasteiger partial charge < -0.3 is 5.73 Å². The minimum atomic E-state index is -3.96. The van der Waals surface area contributed by atoms with Crippen molar-refractivity contribution in [3.05, 3.63) is 51.8 Å². The summed E-state index contributed by atoms with van der Waals surface area (Å²) in [6.07, 6.45) is 0. The maximum absolute atomic E-state index is 13.3. The number of nitrogens with one attached hydrogen (secondary N) is 1. The summed E-state index contributed by atoms with van der Waals surface area (Å²) in [4.78, 5) is -0.0760. The van der Waals surface area contributed by atoms with Crippen molar-refractivity contribution in [3.8, 4) is 0 Å². The van der Waals surface area contributed by atoms with Crippen molar-refractivity contribution in [1.82, 2.24) is 0 Å². The fourth-order valence-corrected chi connectivity index (χ4v) is 3.63. The van der Waals surface area contributed by atoms with Crippen LogP contribution in [0.15, 0.2) is 35.2 Å². The molecule has 112 valence electrons. The first kappa shape index (κ1) is 15.9. The fourth-order valence-electron chi connectivity index (χ4n) is 1.78. The summed E-state index contributed by atoms with van der Waals surface area (Å²) in [6.45, 7) is 1.55. The molecular weight excluding hydrogens is 338 g/mol. The van der Waals surface area contributed by atoms with Crippen LogP contribution in [0.5, 0.6) is 0 Å². The molecule has 0 radical (unpaired) electrons. The molecule has 0 aliphatic carbocycles. The molecular formula is C13H11Cl2FN2O2S. The van der Waals surface area contributed by atoms with Crippen LogP contribution in [0.4, 0.5) is 15.8 Å². The Bertz CT molecular complexity index is 790. The van der Waals surface area contributed by atoms with Gasteiger partial charge in [-0.05, 0) is 42.8 Å². The summed E-state index contributed by atoms with van der Waals surface area (Å²) >= 11 is 11.5. The molecule has 21 heavy (non-hydrogen) atoms. The Morgan fingerprint density at radius 1 is 1.10 bits per heavy atom. The molecule has 4 nitrogen and oxygen atoms in total. The second-order valence-electron chi connectivity index (χ2n) is 4.38. The van der Waals surface area contributed by atoms with E-state index in [1.54, 1.807) is 6.92 Å². The average molecular weight is 349 g/mol. The number of nitrogen functional groups attached to an aromatic ring is 1. The van der Waals surface area contributed by atoms with E-state index < -0.39 is 15.8 Å². The Labute approximate surface area is 131 Å². The smallest absolute Gasteiger partial charge is 0.262 e. The number of sulfonamides is 1. The van der Waals surface area contributed by atoms with E-state index in [4.69, 9.17) is 28.9 Å². The largest absolute Gasteiger partial charge is 0.398 e. The van der Waals surface area contributed by atoms with E-state index in [2.05, 4.69) is 4.72 Å². The zero-order valence-corrected chi connectivity index (χ0v) is 13.2. The van der Waals surface area contributed by atoms with Crippen LogP contribution in [0, 0.1) is 12.7 Å². The summed E-state index contributed by atoms with van der Waals surface area (Å²) in [7, 11) is -3.96. The van der Waals surface area contributed by atoms with Crippen LogP contribution in [0.25, 0.3) is 0 Å². The molecule has 2 aromatic carbocycles. The molecule has 2 aromatic rings. The van der Waals surface area contributed by atoms with Crippen LogP contribution in [-0.4, -0.2) is 8.42 Å². The first-order valence-electron chi connectivity index (χ1n) is 5.73. The molecule has 0 atom stereocenters. The third-order valence-corrected chi connectivity index (χ3v) is 4.71. The van der Waals surface area contributed by atoms with Gasteiger partial charge in [0.1, 0.15) is 5.82 Å². The van der Waals surface area contributed by atoms with E-state index in [-0.39, 0.29) is 26.3 Å². The summed E-state index contributed by atoms with van der Waals surface area (Å²) in [5.74, 6) is -0.650. The van der Waals surface area contributed by atoms with Crippen LogP contribution in [0.3, 0.4) is 0 Å². The Hall–Kier alpha value is -1.50. The Kier molecular flexibility index (Phi) is 4.32. The highest BCUT2D eigenvalue weighted by molar-refractivity contribution is 7.92. The highest BCUT2D eigenvalue weighted by atomic mass is 35.5. The van der Waals surface area contributed by atoms with Gasteiger partial charge in [-0.25, -0.2) is 12.8 Å². The van der Waals surface area contributed by atoms with Crippen molar-refractivity contribution >= 4 is 44.6 Å². The van der Waals surface area contributed by atoms with E-state index in [9.17, 15) is 12.8 Å². The molecule has 0 spiro atoms. The maximum atomic E-state index is 13.3. The number of rotatable bonds is 3. The third-order valence-electron chi connectivity index (χ3n) is 2.77. The Morgan fingerprint density at radius 3 is 2.33 bits per heavy atom. The van der Waals surface area contributed by atoms with Crippen molar-refractivity contribution < 1.29 is 12.8 Å². The first-order chi connectivity index (χ1) is 9.69. The highest BCUT2D eigenvalue weighted by Crippen LogP contribution is 2.28. The summed E-state index contributed by atoms with van der Waals surface area (Å²) in [5, 5.41) is 0.269. The van der Waals surface area contributed by atoms with Gasteiger partial charge in [0.05, 0.1) is 10.6 Å². The molecule has 0 heterocycles. The molecule has 0 saturated heterocycles. The normalized spacial score (nSPS) is 11.4. The zero-order chi connectivity index (χ0) is 15.8. The van der Waals surface area contributed by atoms with Crippen molar-refractivity contribution in [1.29, 1.82) is 0 Å². The second kappa shape index (κ2) is 5.71. The van der Waals surface area contributed by atoms with Gasteiger partial charge in [0, 0.05) is 15.7 Å². The van der Waals surface area contributed by atoms with Crippen LogP contribution in [0.2, 0.25) is 10.0 Å². The van der Waals surface area contributed by atoms with E-state index >= 15 is 0 Å². The standard InChI is InChI=1S/C13H11Cl2FN2O2S/c1-7-12(17)4-9(15)5-13(7)21(19,20)18-11-3-8(14)2-10(16)6-11/h2-6,18H,17H2,1H3. The lowest BCUT2D eigenvalue weighted by Crippen LogP contribution is -2.15. The summed E-state index contributed by atoms with van der Waals surface area (Å²) in [5.41, 5.74) is 6.32. The SMILES string of the molecule is Cc1c(N)cc(Cl)cc1S(=O)(=O)Nc1cc(F)cc(Cl)c1. The predicted molar refractivity (Wildman–Crippen MR) is 82.8 cm³/mol. The average Bonchev–Trinajstić information content (AvgIpc) is 2.31. The highest BCUT2D eigenvalue weighted by Gasteiger charge is 2.19. The second-order valence-corrected chi connectivity index (χ2v) is 6.91. The topological polar surface area (TPSA) is 72.2 Å². The van der Waals surface area contributed by atoms with Gasteiger partial charge in [-0.15, -0.1) is 0 Å². The molecule has 0 unspecified atom stereocenters. The van der Waals surface area contributed by atoms with Gasteiger partial charge in [-0.3, -0.25) is 4.72 Å². The summed E-state index contributed by atoms with van der Waals surface area (Å²) < 4.78 is 40.2. The number of nitrogens with two attached hydrogens (primary N) is 1. The van der Waals surface area contributed by atoms with Gasteiger partial charge >= 0.3 is 0 Å². The molecule has 0 bridgehead atoms. The van der Waals surface area contributed by atoms with E-state index in [1.807, 2.05) is 0 Å². The molecule has 0 saturated carbocycles. The predicted octanol–water partition coefficient (Wildman–Crippen LogP) is 3.82. The monoisotopic (exact) mass is 348 g/mol. The molecule has 0 amide bonds. The number of halogens is 3. The van der Waals surface area contributed by atoms with Crippen LogP contribution in [-0.2, 0) is 10.0 Å². The minimum absolute atomic E-state index is 0.0120. The lowest BCUT2D eigenvalue weighted by Gasteiger charge is -2.12. The minimum Gasteiger partial charge on any atom is -0.398 e. The van der Waals surface area contributed by atoms with Gasteiger partial charge in [0.25, 0.3) is 10.0 Å². The Morgan fingerprint density at radius 2 is 1.71 bits per heavy atom. The van der Waals surface area contributed by atoms with Crippen molar-refractivity contribution in [2.45, 2.75) is 11.8 Å². The molecule has 0 fully saturated rings. The van der Waals surface area contributed by atoms with Crippen LogP contribution >= 0.6 is 23.2 Å². The Balaban J connectivity index is 2.48. The van der Waals surface area contributed by atoms with Gasteiger partial charge in [-0.2, -0.15) is 0 Å². The molecule has 0 aliphatic heterocycles. The van der Waals surface area contributed by atoms with Crippen LogP contribution < -0.4 is 10.5 Å². The number of benzene rings is 2. The van der Waals surface area contributed by atoms with Crippen molar-refractivity contribution in [2.75, 3.05) is 10.5 Å². The molecule has 8 heteroatoms. The molecule has 0 aromatic heterocycles. The zero-order valence-electron chi connectivity index (χ0n) is 10.8. The van der Waals surface area contributed by atoms with E-state index in [0.29, 0.717) is 5.56 Å². The lowest BCUT2D eigenvalue weighted by molar-refractivity contribution is 0.600. The van der Waals surface area contributed by atoms with Gasteiger partial charge in [0.2, 0.25) is 0 Å². The van der Waals surface area contributed by atoms with E-state index in [0.717, 1.165) is 12.1 Å². The van der Waals surface area contributed by atoms with E-state index in [1.165, 1.54) is 18.2 Å².